The van der Waals surface area contributed by atoms with E-state index in [1.165, 1.54) is 0 Å². The molecule has 33 heavy (non-hydrogen) atoms. The fourth-order valence-electron chi connectivity index (χ4n) is 4.13. The molecule has 2 fully saturated rings. The SMILES string of the molecule is C[C@@]1(CCc2ccccc2)NC(=O)N(NC(=O)[C@H]2CC(=O)N(Cc3ccccc3Cl)C2)C1=O. The molecule has 0 aromatic heterocycles. The number of nitrogens with zero attached hydrogens (tertiary/aromatic N) is 2. The van der Waals surface area contributed by atoms with Crippen molar-refractivity contribution in [3.63, 3.8) is 0 Å². The number of likely N-dealkylation sites (tertiary alicyclic amines) is 1. The molecule has 2 aliphatic heterocycles. The van der Waals surface area contributed by atoms with Crippen LogP contribution in [0.25, 0.3) is 0 Å². The van der Waals surface area contributed by atoms with Crippen LogP contribution in [0.15, 0.2) is 54.6 Å². The molecule has 0 unspecified atom stereocenters. The summed E-state index contributed by atoms with van der Waals surface area (Å²) in [6.45, 7) is 2.13. The second kappa shape index (κ2) is 9.23. The van der Waals surface area contributed by atoms with Crippen LogP contribution in [0.1, 0.15) is 30.9 Å². The fraction of sp³-hybridized carbons (Fsp3) is 0.333. The molecule has 0 bridgehead atoms. The molecule has 2 heterocycles. The van der Waals surface area contributed by atoms with Crippen molar-refractivity contribution in [2.24, 2.45) is 5.92 Å². The van der Waals surface area contributed by atoms with Crippen molar-refractivity contribution in [2.75, 3.05) is 6.54 Å². The highest BCUT2D eigenvalue weighted by Crippen LogP contribution is 2.25. The lowest BCUT2D eigenvalue weighted by atomic mass is 9.93. The lowest BCUT2D eigenvalue weighted by Crippen LogP contribution is -2.50. The Morgan fingerprint density at radius 2 is 1.82 bits per heavy atom. The second-order valence-corrected chi connectivity index (χ2v) is 9.04. The van der Waals surface area contributed by atoms with E-state index in [-0.39, 0.29) is 18.9 Å². The van der Waals surface area contributed by atoms with Gasteiger partial charge in [0.2, 0.25) is 11.8 Å². The number of benzene rings is 2. The van der Waals surface area contributed by atoms with Gasteiger partial charge in [-0.2, -0.15) is 5.01 Å². The number of hydrazine groups is 1. The number of amides is 5. The van der Waals surface area contributed by atoms with E-state index in [2.05, 4.69) is 10.7 Å². The summed E-state index contributed by atoms with van der Waals surface area (Å²) in [5.74, 6) is -1.91. The van der Waals surface area contributed by atoms with Gasteiger partial charge in [0.1, 0.15) is 5.54 Å². The zero-order valence-electron chi connectivity index (χ0n) is 18.2. The number of halogens is 1. The molecule has 172 valence electrons. The van der Waals surface area contributed by atoms with E-state index in [0.717, 1.165) is 16.1 Å². The van der Waals surface area contributed by atoms with Crippen LogP contribution in [-0.4, -0.2) is 45.7 Å². The molecular weight excluding hydrogens is 444 g/mol. The van der Waals surface area contributed by atoms with Crippen LogP contribution in [0.5, 0.6) is 0 Å². The summed E-state index contributed by atoms with van der Waals surface area (Å²) in [5.41, 5.74) is 3.13. The molecule has 0 spiro atoms. The van der Waals surface area contributed by atoms with Gasteiger partial charge in [-0.05, 0) is 37.0 Å². The van der Waals surface area contributed by atoms with Gasteiger partial charge in [-0.3, -0.25) is 19.8 Å². The number of hydrogen-bond donors (Lipinski definition) is 2. The first-order valence-corrected chi connectivity index (χ1v) is 11.2. The molecule has 2 atom stereocenters. The number of carbonyl (C=O) groups is 4. The predicted molar refractivity (Wildman–Crippen MR) is 122 cm³/mol. The van der Waals surface area contributed by atoms with E-state index < -0.39 is 29.3 Å². The Kier molecular flexibility index (Phi) is 6.37. The fourth-order valence-corrected chi connectivity index (χ4v) is 4.32. The summed E-state index contributed by atoms with van der Waals surface area (Å²) in [5, 5.41) is 3.96. The zero-order valence-corrected chi connectivity index (χ0v) is 19.0. The van der Waals surface area contributed by atoms with Crippen LogP contribution in [0.3, 0.4) is 0 Å². The Morgan fingerprint density at radius 1 is 1.12 bits per heavy atom. The maximum atomic E-state index is 13.0. The van der Waals surface area contributed by atoms with Crippen molar-refractivity contribution >= 4 is 35.4 Å². The van der Waals surface area contributed by atoms with Gasteiger partial charge in [0.05, 0.1) is 5.92 Å². The van der Waals surface area contributed by atoms with E-state index in [1.807, 2.05) is 42.5 Å². The minimum Gasteiger partial charge on any atom is -0.337 e. The number of nitrogens with one attached hydrogen (secondary N) is 2. The third-order valence-corrected chi connectivity index (χ3v) is 6.51. The highest BCUT2D eigenvalue weighted by Gasteiger charge is 2.49. The molecule has 2 aliphatic rings. The summed E-state index contributed by atoms with van der Waals surface area (Å²) < 4.78 is 0. The van der Waals surface area contributed by atoms with E-state index in [0.29, 0.717) is 24.4 Å². The van der Waals surface area contributed by atoms with E-state index in [1.54, 1.807) is 24.0 Å². The topological polar surface area (TPSA) is 98.8 Å². The van der Waals surface area contributed by atoms with Crippen molar-refractivity contribution in [1.29, 1.82) is 0 Å². The van der Waals surface area contributed by atoms with Gasteiger partial charge in [0.15, 0.2) is 0 Å². The van der Waals surface area contributed by atoms with Crippen LogP contribution < -0.4 is 10.7 Å². The standard InChI is InChI=1S/C24H25ClN4O4/c1-24(12-11-16-7-3-2-4-8-16)22(32)29(23(33)26-24)27-21(31)18-13-20(30)28(15-18)14-17-9-5-6-10-19(17)25/h2-10,18H,11-15H2,1H3,(H,26,33)(H,27,31)/t18-,24-/m0/s1. The van der Waals surface area contributed by atoms with E-state index in [4.69, 9.17) is 11.6 Å². The van der Waals surface area contributed by atoms with E-state index >= 15 is 0 Å². The molecule has 9 heteroatoms. The molecule has 0 saturated carbocycles. The Labute approximate surface area is 196 Å². The van der Waals surface area contributed by atoms with Gasteiger partial charge in [0, 0.05) is 24.5 Å². The van der Waals surface area contributed by atoms with Crippen LogP contribution in [0.4, 0.5) is 4.79 Å². The minimum absolute atomic E-state index is 0.00517. The Balaban J connectivity index is 1.36. The molecule has 2 aromatic carbocycles. The van der Waals surface area contributed by atoms with Gasteiger partial charge in [-0.1, -0.05) is 60.1 Å². The van der Waals surface area contributed by atoms with Crippen molar-refractivity contribution in [3.8, 4) is 0 Å². The molecule has 2 N–H and O–H groups in total. The molecule has 5 amide bonds. The number of rotatable bonds is 7. The smallest absolute Gasteiger partial charge is 0.337 e. The Hall–Kier alpha value is -3.39. The predicted octanol–water partition coefficient (Wildman–Crippen LogP) is 2.66. The monoisotopic (exact) mass is 468 g/mol. The Bertz CT molecular complexity index is 1090. The van der Waals surface area contributed by atoms with Crippen molar-refractivity contribution < 1.29 is 19.2 Å². The third-order valence-electron chi connectivity index (χ3n) is 6.14. The first-order chi connectivity index (χ1) is 15.8. The van der Waals surface area contributed by atoms with E-state index in [9.17, 15) is 19.2 Å². The molecule has 2 saturated heterocycles. The normalized spacial score (nSPS) is 22.6. The molecule has 0 aliphatic carbocycles. The minimum atomic E-state index is -1.12. The summed E-state index contributed by atoms with van der Waals surface area (Å²) in [7, 11) is 0. The van der Waals surface area contributed by atoms with Crippen molar-refractivity contribution in [2.45, 2.75) is 38.3 Å². The second-order valence-electron chi connectivity index (χ2n) is 8.63. The lowest BCUT2D eigenvalue weighted by molar-refractivity contribution is -0.140. The number of urea groups is 1. The number of aryl methyl sites for hydroxylation is 1. The van der Waals surface area contributed by atoms with Crippen LogP contribution in [0, 0.1) is 5.92 Å². The van der Waals surface area contributed by atoms with Gasteiger partial charge in [-0.25, -0.2) is 4.79 Å². The van der Waals surface area contributed by atoms with Crippen LogP contribution in [0.2, 0.25) is 5.02 Å². The number of carbonyl (C=O) groups excluding carboxylic acids is 4. The average molecular weight is 469 g/mol. The summed E-state index contributed by atoms with van der Waals surface area (Å²) >= 11 is 6.18. The first-order valence-electron chi connectivity index (χ1n) is 10.8. The molecule has 8 nitrogen and oxygen atoms in total. The van der Waals surface area contributed by atoms with Gasteiger partial charge in [0.25, 0.3) is 5.91 Å². The van der Waals surface area contributed by atoms with Crippen LogP contribution >= 0.6 is 11.6 Å². The third kappa shape index (κ3) is 4.85. The van der Waals surface area contributed by atoms with Gasteiger partial charge < -0.3 is 10.2 Å². The molecular formula is C24H25ClN4O4. The average Bonchev–Trinajstić information content (AvgIpc) is 3.27. The number of hydrogen-bond acceptors (Lipinski definition) is 4. The lowest BCUT2D eigenvalue weighted by Gasteiger charge is -2.22. The van der Waals surface area contributed by atoms with Gasteiger partial charge >= 0.3 is 6.03 Å². The maximum absolute atomic E-state index is 13.0. The highest BCUT2D eigenvalue weighted by atomic mass is 35.5. The maximum Gasteiger partial charge on any atom is 0.344 e. The number of imide groups is 1. The summed E-state index contributed by atoms with van der Waals surface area (Å²) in [4.78, 5) is 52.2. The Morgan fingerprint density at radius 3 is 2.55 bits per heavy atom. The highest BCUT2D eigenvalue weighted by molar-refractivity contribution is 6.31. The zero-order chi connectivity index (χ0) is 23.6. The van der Waals surface area contributed by atoms with Crippen molar-refractivity contribution in [3.05, 3.63) is 70.7 Å². The molecule has 4 rings (SSSR count). The molecule has 0 radical (unpaired) electrons. The van der Waals surface area contributed by atoms with Gasteiger partial charge in [-0.15, -0.1) is 0 Å². The van der Waals surface area contributed by atoms with Crippen molar-refractivity contribution in [1.82, 2.24) is 20.7 Å². The van der Waals surface area contributed by atoms with Crippen LogP contribution in [-0.2, 0) is 27.3 Å². The largest absolute Gasteiger partial charge is 0.344 e. The molecule has 2 aromatic rings. The quantitative estimate of drug-likeness (QED) is 0.610. The first kappa shape index (κ1) is 22.8. The summed E-state index contributed by atoms with van der Waals surface area (Å²) in [6, 6.07) is 16.2. The summed E-state index contributed by atoms with van der Waals surface area (Å²) in [6.07, 6.45) is 0.992.